The lowest BCUT2D eigenvalue weighted by atomic mass is 10.1. The van der Waals surface area contributed by atoms with Gasteiger partial charge in [0.05, 0.1) is 19.8 Å². The Bertz CT molecular complexity index is 1320. The summed E-state index contributed by atoms with van der Waals surface area (Å²) < 4.78 is 10.9. The van der Waals surface area contributed by atoms with Crippen LogP contribution in [0.25, 0.3) is 11.4 Å². The quantitative estimate of drug-likeness (QED) is 0.303. The van der Waals surface area contributed by atoms with Crippen LogP contribution < -0.4 is 10.1 Å². The summed E-state index contributed by atoms with van der Waals surface area (Å²) in [6.45, 7) is 1.25. The van der Waals surface area contributed by atoms with Gasteiger partial charge in [-0.3, -0.25) is 9.59 Å². The van der Waals surface area contributed by atoms with Crippen molar-refractivity contribution in [3.63, 3.8) is 0 Å². The number of hydrogen-bond donors (Lipinski definition) is 1. The summed E-state index contributed by atoms with van der Waals surface area (Å²) >= 11 is 2.98. The van der Waals surface area contributed by atoms with Gasteiger partial charge in [-0.05, 0) is 65.2 Å². The maximum atomic E-state index is 13.8. The van der Waals surface area contributed by atoms with Crippen LogP contribution in [0.3, 0.4) is 0 Å². The van der Waals surface area contributed by atoms with E-state index in [9.17, 15) is 9.59 Å². The van der Waals surface area contributed by atoms with E-state index in [4.69, 9.17) is 9.47 Å². The number of thiophene rings is 2. The van der Waals surface area contributed by atoms with Crippen LogP contribution in [0.2, 0.25) is 0 Å². The van der Waals surface area contributed by atoms with Gasteiger partial charge in [0.2, 0.25) is 17.6 Å². The number of carbonyl (C=O) groups is 2. The fourth-order valence-electron chi connectivity index (χ4n) is 4.26. The molecule has 0 bridgehead atoms. The number of methoxy groups -OCH3 is 1. The van der Waals surface area contributed by atoms with Gasteiger partial charge in [-0.1, -0.05) is 12.1 Å². The molecule has 198 valence electrons. The van der Waals surface area contributed by atoms with Gasteiger partial charge in [0.25, 0.3) is 0 Å². The van der Waals surface area contributed by atoms with E-state index in [0.717, 1.165) is 33.9 Å². The van der Waals surface area contributed by atoms with E-state index in [0.29, 0.717) is 19.0 Å². The van der Waals surface area contributed by atoms with Crippen molar-refractivity contribution in [3.8, 4) is 17.1 Å². The first-order valence-corrected chi connectivity index (χ1v) is 14.0. The zero-order valence-corrected chi connectivity index (χ0v) is 22.5. The maximum absolute atomic E-state index is 13.8. The number of benzene rings is 1. The lowest BCUT2D eigenvalue weighted by Gasteiger charge is -2.30. The number of tetrazole rings is 1. The molecule has 0 aliphatic carbocycles. The number of carbonyl (C=O) groups excluding carboxylic acids is 2. The highest BCUT2D eigenvalue weighted by Crippen LogP contribution is 2.29. The molecule has 4 heterocycles. The predicted octanol–water partition coefficient (Wildman–Crippen LogP) is 3.54. The Balaban J connectivity index is 1.37. The Morgan fingerprint density at radius 2 is 2.00 bits per heavy atom. The van der Waals surface area contributed by atoms with Gasteiger partial charge < -0.3 is 19.7 Å². The highest BCUT2D eigenvalue weighted by Gasteiger charge is 2.33. The van der Waals surface area contributed by atoms with Crippen LogP contribution >= 0.6 is 22.7 Å². The average molecular weight is 553 g/mol. The van der Waals surface area contributed by atoms with Crippen molar-refractivity contribution in [1.82, 2.24) is 30.4 Å². The highest BCUT2D eigenvalue weighted by molar-refractivity contribution is 7.10. The zero-order chi connectivity index (χ0) is 26.3. The third-order valence-electron chi connectivity index (χ3n) is 6.21. The minimum atomic E-state index is -0.796. The van der Waals surface area contributed by atoms with Crippen LogP contribution in [-0.4, -0.2) is 63.3 Å². The maximum Gasteiger partial charge on any atom is 0.248 e. The molecule has 1 fully saturated rings. The van der Waals surface area contributed by atoms with Gasteiger partial charge in [0, 0.05) is 28.5 Å². The fourth-order valence-corrected chi connectivity index (χ4v) is 5.80. The van der Waals surface area contributed by atoms with Crippen LogP contribution in [0, 0.1) is 0 Å². The van der Waals surface area contributed by atoms with E-state index < -0.39 is 6.04 Å². The summed E-state index contributed by atoms with van der Waals surface area (Å²) in [5.41, 5.74) is 0.755. The lowest BCUT2D eigenvalue weighted by Crippen LogP contribution is -2.45. The number of rotatable bonds is 11. The first kappa shape index (κ1) is 26.0. The molecular formula is C26H28N6O4S2. The third kappa shape index (κ3) is 6.26. The van der Waals surface area contributed by atoms with E-state index in [2.05, 4.69) is 20.7 Å². The number of amides is 2. The second-order valence-electron chi connectivity index (χ2n) is 8.77. The SMILES string of the molecule is COc1ccc(-c2nnn(CC(=O)N(Cc3cccs3)[C@@H](C(=O)NC[C@H]3CCCO3)c3cccs3)n2)cc1. The van der Waals surface area contributed by atoms with Gasteiger partial charge in [0.15, 0.2) is 0 Å². The van der Waals surface area contributed by atoms with Gasteiger partial charge in [0.1, 0.15) is 18.3 Å². The molecule has 1 saturated heterocycles. The molecule has 2 atom stereocenters. The molecule has 1 aromatic carbocycles. The van der Waals surface area contributed by atoms with Crippen LogP contribution in [0.15, 0.2) is 59.3 Å². The number of nitrogens with one attached hydrogen (secondary N) is 1. The predicted molar refractivity (Wildman–Crippen MR) is 144 cm³/mol. The lowest BCUT2D eigenvalue weighted by molar-refractivity contribution is -0.142. The average Bonchev–Trinajstić information content (AvgIpc) is 3.76. The molecule has 0 unspecified atom stereocenters. The molecular weight excluding hydrogens is 524 g/mol. The Hall–Kier alpha value is -3.61. The van der Waals surface area contributed by atoms with E-state index in [-0.39, 0.29) is 31.0 Å². The first-order valence-electron chi connectivity index (χ1n) is 12.3. The molecule has 5 rings (SSSR count). The van der Waals surface area contributed by atoms with E-state index in [1.807, 2.05) is 59.3 Å². The summed E-state index contributed by atoms with van der Waals surface area (Å²) in [5.74, 6) is 0.591. The molecule has 12 heteroatoms. The topological polar surface area (TPSA) is 111 Å². The highest BCUT2D eigenvalue weighted by atomic mass is 32.1. The second-order valence-corrected chi connectivity index (χ2v) is 10.8. The fraction of sp³-hybridized carbons (Fsp3) is 0.346. The number of aromatic nitrogens is 4. The molecule has 2 amide bonds. The Labute approximate surface area is 228 Å². The molecule has 4 aromatic rings. The van der Waals surface area contributed by atoms with Crippen molar-refractivity contribution in [2.45, 2.75) is 38.1 Å². The summed E-state index contributed by atoms with van der Waals surface area (Å²) in [4.78, 5) is 31.9. The van der Waals surface area contributed by atoms with Crippen molar-refractivity contribution in [2.24, 2.45) is 0 Å². The molecule has 0 radical (unpaired) electrons. The third-order valence-corrected chi connectivity index (χ3v) is 7.99. The van der Waals surface area contributed by atoms with Crippen LogP contribution in [-0.2, 0) is 27.4 Å². The minimum absolute atomic E-state index is 0.0000995. The number of nitrogens with zero attached hydrogens (tertiary/aromatic N) is 5. The van der Waals surface area contributed by atoms with Gasteiger partial charge in [-0.25, -0.2) is 0 Å². The second kappa shape index (κ2) is 12.3. The summed E-state index contributed by atoms with van der Waals surface area (Å²) in [6.07, 6.45) is 1.90. The van der Waals surface area contributed by atoms with E-state index >= 15 is 0 Å². The Morgan fingerprint density at radius 3 is 2.68 bits per heavy atom. The smallest absolute Gasteiger partial charge is 0.248 e. The molecule has 0 spiro atoms. The molecule has 10 nitrogen and oxygen atoms in total. The molecule has 1 N–H and O–H groups in total. The molecule has 3 aromatic heterocycles. The van der Waals surface area contributed by atoms with Crippen LogP contribution in [0.1, 0.15) is 28.6 Å². The van der Waals surface area contributed by atoms with E-state index in [1.54, 1.807) is 12.0 Å². The summed E-state index contributed by atoms with van der Waals surface area (Å²) in [7, 11) is 1.60. The zero-order valence-electron chi connectivity index (χ0n) is 20.9. The van der Waals surface area contributed by atoms with Gasteiger partial charge in [-0.2, -0.15) is 4.80 Å². The van der Waals surface area contributed by atoms with Crippen LogP contribution in [0.4, 0.5) is 0 Å². The van der Waals surface area contributed by atoms with Crippen molar-refractivity contribution < 1.29 is 19.1 Å². The molecule has 38 heavy (non-hydrogen) atoms. The minimum Gasteiger partial charge on any atom is -0.497 e. The summed E-state index contributed by atoms with van der Waals surface area (Å²) in [6, 6.07) is 14.1. The van der Waals surface area contributed by atoms with Crippen molar-refractivity contribution in [3.05, 3.63) is 69.0 Å². The Kier molecular flexibility index (Phi) is 8.41. The largest absolute Gasteiger partial charge is 0.497 e. The molecule has 1 aliphatic rings. The Morgan fingerprint density at radius 1 is 1.18 bits per heavy atom. The van der Waals surface area contributed by atoms with Crippen LogP contribution in [0.5, 0.6) is 5.75 Å². The van der Waals surface area contributed by atoms with Crippen molar-refractivity contribution in [1.29, 1.82) is 0 Å². The van der Waals surface area contributed by atoms with Crippen molar-refractivity contribution >= 4 is 34.5 Å². The van der Waals surface area contributed by atoms with E-state index in [1.165, 1.54) is 27.5 Å². The molecule has 0 saturated carbocycles. The number of hydrogen-bond acceptors (Lipinski definition) is 9. The standard InChI is InChI=1S/C26H28N6O4S2/c1-35-19-10-8-18(9-11-19)25-28-30-32(29-25)17-23(33)31(16-21-6-3-13-37-21)24(22-7-4-14-38-22)26(34)27-15-20-5-2-12-36-20/h3-4,6-11,13-14,20,24H,2,5,12,15-17H2,1H3,(H,27,34)/t20-,24-/m1/s1. The van der Waals surface area contributed by atoms with Crippen molar-refractivity contribution in [2.75, 3.05) is 20.3 Å². The van der Waals surface area contributed by atoms with Gasteiger partial charge >= 0.3 is 0 Å². The molecule has 1 aliphatic heterocycles. The monoisotopic (exact) mass is 552 g/mol. The van der Waals surface area contributed by atoms with Gasteiger partial charge in [-0.15, -0.1) is 32.9 Å². The first-order chi connectivity index (χ1) is 18.6. The number of ether oxygens (including phenoxy) is 2. The normalized spacial score (nSPS) is 15.8. The summed E-state index contributed by atoms with van der Waals surface area (Å²) in [5, 5.41) is 19.5.